The molecule has 2 aromatic rings. The van der Waals surface area contributed by atoms with E-state index in [2.05, 4.69) is 0 Å². The fraction of sp³-hybridized carbons (Fsp3) is 0.0714. The first kappa shape index (κ1) is 14.2. The Morgan fingerprint density at radius 2 is 1.75 bits per heavy atom. The average Bonchev–Trinajstić information content (AvgIpc) is 2.39. The number of hydrogen-bond acceptors (Lipinski definition) is 4. The number of ether oxygens (including phenoxy) is 1. The van der Waals surface area contributed by atoms with Crippen molar-refractivity contribution in [2.45, 2.75) is 11.3 Å². The number of carbonyl (C=O) groups is 1. The Kier molecular flexibility index (Phi) is 4.16. The second kappa shape index (κ2) is 5.85. The van der Waals surface area contributed by atoms with Crippen LogP contribution < -0.4 is 4.74 Å². The monoisotopic (exact) mass is 292 g/mol. The van der Waals surface area contributed by atoms with Gasteiger partial charge in [-0.15, -0.1) is 0 Å². The maximum absolute atomic E-state index is 11.7. The molecule has 0 unspecified atom stereocenters. The predicted octanol–water partition coefficient (Wildman–Crippen LogP) is 2.08. The summed E-state index contributed by atoms with van der Waals surface area (Å²) in [7, 11) is -4.27. The van der Waals surface area contributed by atoms with Crippen LogP contribution in [0.2, 0.25) is 0 Å². The minimum atomic E-state index is -4.27. The summed E-state index contributed by atoms with van der Waals surface area (Å²) >= 11 is 0. The lowest BCUT2D eigenvalue weighted by atomic mass is 10.1. The second-order valence-electron chi connectivity index (χ2n) is 4.09. The second-order valence-corrected chi connectivity index (χ2v) is 5.51. The lowest BCUT2D eigenvalue weighted by Gasteiger charge is -2.05. The van der Waals surface area contributed by atoms with Gasteiger partial charge in [0.15, 0.2) is 0 Å². The van der Waals surface area contributed by atoms with Crippen LogP contribution in [0, 0.1) is 0 Å². The topological polar surface area (TPSA) is 80.7 Å². The van der Waals surface area contributed by atoms with Crippen LogP contribution >= 0.6 is 0 Å². The van der Waals surface area contributed by atoms with Gasteiger partial charge in [0.1, 0.15) is 5.75 Å². The maximum Gasteiger partial charge on any atom is 0.315 e. The zero-order valence-corrected chi connectivity index (χ0v) is 11.2. The molecule has 0 radical (unpaired) electrons. The number of benzene rings is 2. The molecule has 1 N–H and O–H groups in total. The van der Waals surface area contributed by atoms with Gasteiger partial charge in [-0.25, -0.2) is 0 Å². The Bertz CT molecular complexity index is 707. The summed E-state index contributed by atoms with van der Waals surface area (Å²) in [4.78, 5) is 11.5. The van der Waals surface area contributed by atoms with Crippen molar-refractivity contribution in [2.24, 2.45) is 0 Å². The van der Waals surface area contributed by atoms with Crippen LogP contribution in [0.1, 0.15) is 5.56 Å². The van der Waals surface area contributed by atoms with E-state index in [-0.39, 0.29) is 11.3 Å². The molecule has 0 amide bonds. The molecule has 2 aromatic carbocycles. The highest BCUT2D eigenvalue weighted by atomic mass is 32.2. The molecule has 0 fully saturated rings. The molecule has 0 aliphatic rings. The van der Waals surface area contributed by atoms with Crippen LogP contribution in [0.15, 0.2) is 59.5 Å². The summed E-state index contributed by atoms with van der Waals surface area (Å²) in [6, 6.07) is 14.1. The van der Waals surface area contributed by atoms with Crippen molar-refractivity contribution in [3.63, 3.8) is 0 Å². The molecule has 0 heterocycles. The molecule has 2 rings (SSSR count). The van der Waals surface area contributed by atoms with Gasteiger partial charge in [-0.05, 0) is 29.8 Å². The highest BCUT2D eigenvalue weighted by Gasteiger charge is 2.12. The number of hydrogen-bond donors (Lipinski definition) is 1. The number of esters is 1. The zero-order valence-electron chi connectivity index (χ0n) is 10.4. The van der Waals surface area contributed by atoms with Gasteiger partial charge >= 0.3 is 5.97 Å². The van der Waals surface area contributed by atoms with Crippen molar-refractivity contribution in [2.75, 3.05) is 0 Å². The minimum absolute atomic E-state index is 0.0851. The third-order valence-corrected chi connectivity index (χ3v) is 3.37. The standard InChI is InChI=1S/C14H12O5S/c15-14(19-12-6-2-1-3-7-12)10-11-5-4-8-13(9-11)20(16,17)18/h1-9H,10H2,(H,16,17,18). The van der Waals surface area contributed by atoms with E-state index in [0.29, 0.717) is 11.3 Å². The molecule has 0 aromatic heterocycles. The van der Waals surface area contributed by atoms with Gasteiger partial charge in [0.2, 0.25) is 0 Å². The first-order chi connectivity index (χ1) is 9.45. The normalized spacial score (nSPS) is 11.1. The molecule has 0 atom stereocenters. The van der Waals surface area contributed by atoms with Crippen molar-refractivity contribution in [3.8, 4) is 5.75 Å². The van der Waals surface area contributed by atoms with Gasteiger partial charge < -0.3 is 4.74 Å². The molecule has 0 aliphatic heterocycles. The van der Waals surface area contributed by atoms with Gasteiger partial charge in [-0.3, -0.25) is 9.35 Å². The molecule has 0 saturated carbocycles. The number of para-hydroxylation sites is 1. The van der Waals surface area contributed by atoms with E-state index in [1.54, 1.807) is 36.4 Å². The Hall–Kier alpha value is -2.18. The molecule has 0 saturated heterocycles. The molecule has 0 aliphatic carbocycles. The third-order valence-electron chi connectivity index (χ3n) is 2.52. The van der Waals surface area contributed by atoms with Gasteiger partial charge in [0, 0.05) is 0 Å². The third kappa shape index (κ3) is 3.91. The van der Waals surface area contributed by atoms with Crippen molar-refractivity contribution >= 4 is 16.1 Å². The van der Waals surface area contributed by atoms with Gasteiger partial charge in [-0.2, -0.15) is 8.42 Å². The van der Waals surface area contributed by atoms with E-state index in [0.717, 1.165) is 0 Å². The Labute approximate surface area is 116 Å². The highest BCUT2D eigenvalue weighted by molar-refractivity contribution is 7.85. The maximum atomic E-state index is 11.7. The van der Waals surface area contributed by atoms with E-state index in [9.17, 15) is 13.2 Å². The van der Waals surface area contributed by atoms with E-state index < -0.39 is 16.1 Å². The molecule has 5 nitrogen and oxygen atoms in total. The molecule has 104 valence electrons. The average molecular weight is 292 g/mol. The first-order valence-electron chi connectivity index (χ1n) is 5.77. The molecule has 0 spiro atoms. The molecule has 0 bridgehead atoms. The van der Waals surface area contributed by atoms with Gasteiger partial charge in [0.05, 0.1) is 11.3 Å². The molecule has 20 heavy (non-hydrogen) atoms. The van der Waals surface area contributed by atoms with Gasteiger partial charge in [-0.1, -0.05) is 30.3 Å². The van der Waals surface area contributed by atoms with E-state index in [1.807, 2.05) is 0 Å². The summed E-state index contributed by atoms with van der Waals surface area (Å²) in [5.41, 5.74) is 0.445. The minimum Gasteiger partial charge on any atom is -0.426 e. The number of rotatable bonds is 4. The van der Waals surface area contributed by atoms with Crippen molar-refractivity contribution < 1.29 is 22.5 Å². The van der Waals surface area contributed by atoms with E-state index in [4.69, 9.17) is 9.29 Å². The van der Waals surface area contributed by atoms with Crippen molar-refractivity contribution in [1.29, 1.82) is 0 Å². The van der Waals surface area contributed by atoms with Crippen LogP contribution in [0.25, 0.3) is 0 Å². The fourth-order valence-corrected chi connectivity index (χ4v) is 2.19. The van der Waals surface area contributed by atoms with Gasteiger partial charge in [0.25, 0.3) is 10.1 Å². The van der Waals surface area contributed by atoms with E-state index in [1.165, 1.54) is 18.2 Å². The SMILES string of the molecule is O=C(Cc1cccc(S(=O)(=O)O)c1)Oc1ccccc1. The Morgan fingerprint density at radius 3 is 2.40 bits per heavy atom. The molecular formula is C14H12O5S. The van der Waals surface area contributed by atoms with Crippen LogP contribution in [0.3, 0.4) is 0 Å². The highest BCUT2D eigenvalue weighted by Crippen LogP contribution is 2.13. The van der Waals surface area contributed by atoms with Crippen LogP contribution in [0.5, 0.6) is 5.75 Å². The summed E-state index contributed by atoms with van der Waals surface area (Å²) < 4.78 is 36.0. The summed E-state index contributed by atoms with van der Waals surface area (Å²) in [5, 5.41) is 0. The summed E-state index contributed by atoms with van der Waals surface area (Å²) in [5.74, 6) is -0.0906. The first-order valence-corrected chi connectivity index (χ1v) is 7.21. The van der Waals surface area contributed by atoms with Crippen molar-refractivity contribution in [1.82, 2.24) is 0 Å². The Morgan fingerprint density at radius 1 is 1.05 bits per heavy atom. The van der Waals surface area contributed by atoms with E-state index >= 15 is 0 Å². The predicted molar refractivity (Wildman–Crippen MR) is 72.0 cm³/mol. The Balaban J connectivity index is 2.09. The summed E-state index contributed by atoms with van der Waals surface area (Å²) in [6.45, 7) is 0. The van der Waals surface area contributed by atoms with Crippen LogP contribution in [-0.2, 0) is 21.3 Å². The molecular weight excluding hydrogens is 280 g/mol. The fourth-order valence-electron chi connectivity index (χ4n) is 1.64. The molecule has 6 heteroatoms. The summed E-state index contributed by atoms with van der Waals surface area (Å²) in [6.07, 6.45) is -0.0851. The lowest BCUT2D eigenvalue weighted by Crippen LogP contribution is -2.11. The van der Waals surface area contributed by atoms with Crippen LogP contribution in [0.4, 0.5) is 0 Å². The smallest absolute Gasteiger partial charge is 0.315 e. The quantitative estimate of drug-likeness (QED) is 0.530. The lowest BCUT2D eigenvalue weighted by molar-refractivity contribution is -0.133. The number of carbonyl (C=O) groups excluding carboxylic acids is 1. The largest absolute Gasteiger partial charge is 0.426 e. The van der Waals surface area contributed by atoms with Crippen molar-refractivity contribution in [3.05, 3.63) is 60.2 Å². The van der Waals surface area contributed by atoms with Crippen LogP contribution in [-0.4, -0.2) is 18.9 Å². The zero-order chi connectivity index (χ0) is 14.6.